The van der Waals surface area contributed by atoms with Gasteiger partial charge in [-0.15, -0.1) is 0 Å². The van der Waals surface area contributed by atoms with Gasteiger partial charge in [0.2, 0.25) is 5.88 Å². The fourth-order valence-electron chi connectivity index (χ4n) is 2.80. The van der Waals surface area contributed by atoms with E-state index in [1.807, 2.05) is 30.3 Å². The van der Waals surface area contributed by atoms with Gasteiger partial charge in [0.25, 0.3) is 5.91 Å². The second-order valence-corrected chi connectivity index (χ2v) is 6.25. The van der Waals surface area contributed by atoms with Crippen LogP contribution in [0.5, 0.6) is 11.6 Å². The van der Waals surface area contributed by atoms with Crippen molar-refractivity contribution < 1.29 is 18.3 Å². The molecule has 2 N–H and O–H groups in total. The van der Waals surface area contributed by atoms with E-state index in [9.17, 15) is 13.6 Å². The standard InChI is InChI=1S/C21H15F2N5O2/c22-15-6-7-17(16(23)11-15)30-18-10-14(8-9-24-18)21(29)27-19(20-25-12-26-28-20)13-4-2-1-3-5-13/h1-12,19H,(H,27,29)(H,25,26,28). The summed E-state index contributed by atoms with van der Waals surface area (Å²) in [6, 6.07) is 14.5. The lowest BCUT2D eigenvalue weighted by atomic mass is 10.1. The Bertz CT molecular complexity index is 1150. The lowest BCUT2D eigenvalue weighted by Gasteiger charge is -2.17. The van der Waals surface area contributed by atoms with E-state index in [4.69, 9.17) is 4.74 Å². The maximum Gasteiger partial charge on any atom is 0.252 e. The number of ether oxygens (including phenoxy) is 1. The molecule has 30 heavy (non-hydrogen) atoms. The Morgan fingerprint density at radius 3 is 2.60 bits per heavy atom. The monoisotopic (exact) mass is 407 g/mol. The highest BCUT2D eigenvalue weighted by Crippen LogP contribution is 2.24. The summed E-state index contributed by atoms with van der Waals surface area (Å²) in [5.41, 5.74) is 1.05. The van der Waals surface area contributed by atoms with E-state index in [2.05, 4.69) is 25.5 Å². The number of carbonyl (C=O) groups is 1. The van der Waals surface area contributed by atoms with Crippen LogP contribution < -0.4 is 10.1 Å². The van der Waals surface area contributed by atoms with Gasteiger partial charge in [-0.05, 0) is 23.8 Å². The lowest BCUT2D eigenvalue weighted by Crippen LogP contribution is -2.30. The molecule has 2 aromatic carbocycles. The van der Waals surface area contributed by atoms with Crippen LogP contribution in [0.3, 0.4) is 0 Å². The van der Waals surface area contributed by atoms with Gasteiger partial charge in [0, 0.05) is 23.9 Å². The predicted octanol–water partition coefficient (Wildman–Crippen LogP) is 3.79. The van der Waals surface area contributed by atoms with Gasteiger partial charge in [0.05, 0.1) is 0 Å². The van der Waals surface area contributed by atoms with Gasteiger partial charge >= 0.3 is 0 Å². The molecule has 4 aromatic rings. The lowest BCUT2D eigenvalue weighted by molar-refractivity contribution is 0.0941. The number of benzene rings is 2. The third-order valence-electron chi connectivity index (χ3n) is 4.22. The Hall–Kier alpha value is -4.14. The molecule has 0 fully saturated rings. The number of H-pyrrole nitrogens is 1. The molecule has 0 radical (unpaired) electrons. The highest BCUT2D eigenvalue weighted by Gasteiger charge is 2.21. The second-order valence-electron chi connectivity index (χ2n) is 6.25. The Balaban J connectivity index is 1.56. The molecule has 1 atom stereocenters. The summed E-state index contributed by atoms with van der Waals surface area (Å²) < 4.78 is 32.2. The molecule has 1 amide bonds. The number of aromatic amines is 1. The first-order valence-electron chi connectivity index (χ1n) is 8.90. The third-order valence-corrected chi connectivity index (χ3v) is 4.22. The van der Waals surface area contributed by atoms with Crippen molar-refractivity contribution in [2.24, 2.45) is 0 Å². The maximum atomic E-state index is 13.8. The minimum Gasteiger partial charge on any atom is -0.436 e. The smallest absolute Gasteiger partial charge is 0.252 e. The van der Waals surface area contributed by atoms with Crippen LogP contribution in [-0.2, 0) is 0 Å². The summed E-state index contributed by atoms with van der Waals surface area (Å²) in [4.78, 5) is 21.0. The molecule has 0 spiro atoms. The van der Waals surface area contributed by atoms with E-state index >= 15 is 0 Å². The van der Waals surface area contributed by atoms with Crippen LogP contribution in [0.25, 0.3) is 0 Å². The summed E-state index contributed by atoms with van der Waals surface area (Å²) in [5.74, 6) is -1.77. The van der Waals surface area contributed by atoms with Crippen LogP contribution >= 0.6 is 0 Å². The zero-order chi connectivity index (χ0) is 20.9. The van der Waals surface area contributed by atoms with E-state index < -0.39 is 23.6 Å². The Morgan fingerprint density at radius 1 is 1.03 bits per heavy atom. The van der Waals surface area contributed by atoms with Crippen molar-refractivity contribution in [1.29, 1.82) is 0 Å². The van der Waals surface area contributed by atoms with Crippen LogP contribution in [0.15, 0.2) is 73.2 Å². The first-order chi connectivity index (χ1) is 14.6. The number of nitrogens with one attached hydrogen (secondary N) is 2. The van der Waals surface area contributed by atoms with E-state index in [0.717, 1.165) is 17.7 Å². The van der Waals surface area contributed by atoms with Gasteiger partial charge in [-0.2, -0.15) is 5.10 Å². The number of halogens is 2. The van der Waals surface area contributed by atoms with Crippen LogP contribution in [0.1, 0.15) is 27.8 Å². The zero-order valence-corrected chi connectivity index (χ0v) is 15.4. The molecule has 0 aliphatic heterocycles. The van der Waals surface area contributed by atoms with Crippen LogP contribution in [-0.4, -0.2) is 26.1 Å². The fourth-order valence-corrected chi connectivity index (χ4v) is 2.80. The summed E-state index contributed by atoms with van der Waals surface area (Å²) in [7, 11) is 0. The Morgan fingerprint density at radius 2 is 1.87 bits per heavy atom. The average molecular weight is 407 g/mol. The van der Waals surface area contributed by atoms with E-state index in [0.29, 0.717) is 11.9 Å². The van der Waals surface area contributed by atoms with Gasteiger partial charge < -0.3 is 10.1 Å². The second kappa shape index (κ2) is 8.48. The molecule has 2 aromatic heterocycles. The SMILES string of the molecule is O=C(NC(c1ccccc1)c1ncn[nH]1)c1ccnc(Oc2ccc(F)cc2F)c1. The molecule has 1 unspecified atom stereocenters. The van der Waals surface area contributed by atoms with Gasteiger partial charge in [-0.3, -0.25) is 9.89 Å². The fraction of sp³-hybridized carbons (Fsp3) is 0.0476. The molecule has 0 bridgehead atoms. The molecule has 7 nitrogen and oxygen atoms in total. The minimum atomic E-state index is -0.874. The number of hydrogen-bond acceptors (Lipinski definition) is 5. The molecular weight excluding hydrogens is 392 g/mol. The molecule has 2 heterocycles. The first kappa shape index (κ1) is 19.2. The summed E-state index contributed by atoms with van der Waals surface area (Å²) in [6.07, 6.45) is 2.71. The van der Waals surface area contributed by atoms with E-state index in [1.165, 1.54) is 24.7 Å². The van der Waals surface area contributed by atoms with Crippen LogP contribution in [0.4, 0.5) is 8.78 Å². The number of carbonyl (C=O) groups excluding carboxylic acids is 1. The highest BCUT2D eigenvalue weighted by molar-refractivity contribution is 5.94. The minimum absolute atomic E-state index is 0.0101. The summed E-state index contributed by atoms with van der Waals surface area (Å²) in [5, 5.41) is 9.49. The Labute approximate surface area is 169 Å². The Kier molecular flexibility index (Phi) is 5.42. The average Bonchev–Trinajstić information content (AvgIpc) is 3.29. The van der Waals surface area contributed by atoms with Crippen molar-refractivity contribution >= 4 is 5.91 Å². The van der Waals surface area contributed by atoms with Crippen molar-refractivity contribution in [3.05, 3.63) is 102 Å². The number of hydrogen-bond donors (Lipinski definition) is 2. The first-order valence-corrected chi connectivity index (χ1v) is 8.90. The number of rotatable bonds is 6. The quantitative estimate of drug-likeness (QED) is 0.507. The maximum absolute atomic E-state index is 13.8. The van der Waals surface area contributed by atoms with Gasteiger partial charge in [0.1, 0.15) is 18.2 Å². The molecule has 0 aliphatic rings. The van der Waals surface area contributed by atoms with Gasteiger partial charge in [0.15, 0.2) is 17.4 Å². The normalized spacial score (nSPS) is 11.7. The molecule has 150 valence electrons. The van der Waals surface area contributed by atoms with Crippen molar-refractivity contribution in [3.63, 3.8) is 0 Å². The predicted molar refractivity (Wildman–Crippen MR) is 103 cm³/mol. The molecule has 0 saturated carbocycles. The summed E-state index contributed by atoms with van der Waals surface area (Å²) in [6.45, 7) is 0. The van der Waals surface area contributed by atoms with Gasteiger partial charge in [-0.1, -0.05) is 30.3 Å². The van der Waals surface area contributed by atoms with Crippen molar-refractivity contribution in [2.75, 3.05) is 0 Å². The van der Waals surface area contributed by atoms with E-state index in [1.54, 1.807) is 0 Å². The number of pyridine rings is 1. The molecular formula is C21H15F2N5O2. The van der Waals surface area contributed by atoms with Crippen molar-refractivity contribution in [1.82, 2.24) is 25.5 Å². The summed E-state index contributed by atoms with van der Waals surface area (Å²) >= 11 is 0. The largest absolute Gasteiger partial charge is 0.436 e. The topological polar surface area (TPSA) is 92.8 Å². The van der Waals surface area contributed by atoms with E-state index in [-0.39, 0.29) is 17.2 Å². The zero-order valence-electron chi connectivity index (χ0n) is 15.4. The number of aromatic nitrogens is 4. The highest BCUT2D eigenvalue weighted by atomic mass is 19.1. The van der Waals surface area contributed by atoms with Crippen molar-refractivity contribution in [3.8, 4) is 11.6 Å². The molecule has 4 rings (SSSR count). The molecule has 0 saturated heterocycles. The number of amides is 1. The van der Waals surface area contributed by atoms with Crippen LogP contribution in [0, 0.1) is 11.6 Å². The number of nitrogens with zero attached hydrogens (tertiary/aromatic N) is 3. The van der Waals surface area contributed by atoms with Crippen LogP contribution in [0.2, 0.25) is 0 Å². The van der Waals surface area contributed by atoms with Gasteiger partial charge in [-0.25, -0.2) is 18.7 Å². The third kappa shape index (κ3) is 4.30. The van der Waals surface area contributed by atoms with Crippen molar-refractivity contribution in [2.45, 2.75) is 6.04 Å². The molecule has 0 aliphatic carbocycles. The molecule has 9 heteroatoms.